The fourth-order valence-electron chi connectivity index (χ4n) is 3.14. The van der Waals surface area contributed by atoms with Crippen molar-refractivity contribution in [3.63, 3.8) is 0 Å². The molecule has 164 valence electrons. The van der Waals surface area contributed by atoms with E-state index in [1.54, 1.807) is 17.8 Å². The molecule has 3 rings (SSSR count). The van der Waals surface area contributed by atoms with Crippen LogP contribution in [0.25, 0.3) is 0 Å². The largest absolute Gasteiger partial charge is 0.433 e. The second kappa shape index (κ2) is 10.4. The molecule has 2 aromatic carbocycles. The summed E-state index contributed by atoms with van der Waals surface area (Å²) in [4.78, 5) is 12.5. The third-order valence-electron chi connectivity index (χ3n) is 4.65. The predicted octanol–water partition coefficient (Wildman–Crippen LogP) is 6.72. The zero-order valence-electron chi connectivity index (χ0n) is 17.3. The van der Waals surface area contributed by atoms with Gasteiger partial charge >= 0.3 is 5.88 Å². The Hall–Kier alpha value is -2.19. The Bertz CT molecular complexity index is 1040. The number of nitrogens with zero attached hydrogens (tertiary/aromatic N) is 2. The minimum absolute atomic E-state index is 0.219. The third kappa shape index (κ3) is 7.18. The van der Waals surface area contributed by atoms with Gasteiger partial charge in [-0.2, -0.15) is 0 Å². The third-order valence-corrected chi connectivity index (χ3v) is 6.22. The Balaban J connectivity index is 1.55. The number of hydrogen-bond donors (Lipinski definition) is 1. The SMILES string of the molecule is C[N+](C)(CCCNc1cc(Cl)ccc1Sc1ccc(Cl)cc1)Cc1ccc([N+](=O)[O-])o1. The van der Waals surface area contributed by atoms with Gasteiger partial charge in [0, 0.05) is 38.5 Å². The highest BCUT2D eigenvalue weighted by Gasteiger charge is 2.20. The molecule has 1 heterocycles. The van der Waals surface area contributed by atoms with Crippen molar-refractivity contribution in [2.45, 2.75) is 22.8 Å². The average Bonchev–Trinajstić information content (AvgIpc) is 3.17. The van der Waals surface area contributed by atoms with Gasteiger partial charge in [-0.1, -0.05) is 35.0 Å². The van der Waals surface area contributed by atoms with Crippen LogP contribution in [0.3, 0.4) is 0 Å². The van der Waals surface area contributed by atoms with Crippen LogP contribution in [0.5, 0.6) is 0 Å². The molecule has 0 bridgehead atoms. The van der Waals surface area contributed by atoms with Crippen molar-refractivity contribution in [2.75, 3.05) is 32.5 Å². The first-order valence-electron chi connectivity index (χ1n) is 9.74. The van der Waals surface area contributed by atoms with Crippen LogP contribution in [0.2, 0.25) is 10.0 Å². The number of nitro groups is 1. The number of anilines is 1. The average molecular weight is 481 g/mol. The number of quaternary nitrogens is 1. The van der Waals surface area contributed by atoms with Crippen LogP contribution in [0, 0.1) is 10.1 Å². The number of rotatable bonds is 10. The first-order chi connectivity index (χ1) is 14.7. The summed E-state index contributed by atoms with van der Waals surface area (Å²) in [7, 11) is 4.16. The van der Waals surface area contributed by atoms with Crippen molar-refractivity contribution in [1.29, 1.82) is 0 Å². The molecule has 0 aliphatic heterocycles. The predicted molar refractivity (Wildman–Crippen MR) is 126 cm³/mol. The van der Waals surface area contributed by atoms with Crippen LogP contribution >= 0.6 is 35.0 Å². The van der Waals surface area contributed by atoms with E-state index in [1.807, 2.05) is 42.5 Å². The lowest BCUT2D eigenvalue weighted by Gasteiger charge is -2.28. The van der Waals surface area contributed by atoms with E-state index < -0.39 is 4.92 Å². The lowest BCUT2D eigenvalue weighted by atomic mass is 10.3. The molecule has 31 heavy (non-hydrogen) atoms. The van der Waals surface area contributed by atoms with Gasteiger partial charge in [-0.25, -0.2) is 0 Å². The molecule has 1 N–H and O–H groups in total. The van der Waals surface area contributed by atoms with E-state index >= 15 is 0 Å². The van der Waals surface area contributed by atoms with E-state index in [4.69, 9.17) is 27.6 Å². The molecule has 1 aromatic heterocycles. The smallest absolute Gasteiger partial charge is 0.400 e. The molecule has 9 heteroatoms. The molecule has 0 fully saturated rings. The van der Waals surface area contributed by atoms with Gasteiger partial charge in [0.05, 0.1) is 26.7 Å². The summed E-state index contributed by atoms with van der Waals surface area (Å²) in [6.07, 6.45) is 0.910. The van der Waals surface area contributed by atoms with Gasteiger partial charge in [0.2, 0.25) is 0 Å². The Kier molecular flexibility index (Phi) is 7.89. The summed E-state index contributed by atoms with van der Waals surface area (Å²) in [6, 6.07) is 16.6. The molecular formula is C22H24Cl2N3O3S+. The fraction of sp³-hybridized carbons (Fsp3) is 0.273. The van der Waals surface area contributed by atoms with Crippen LogP contribution in [0.1, 0.15) is 12.2 Å². The van der Waals surface area contributed by atoms with Crippen molar-refractivity contribution in [2.24, 2.45) is 0 Å². The van der Waals surface area contributed by atoms with E-state index in [0.29, 0.717) is 26.8 Å². The van der Waals surface area contributed by atoms with Crippen molar-refractivity contribution < 1.29 is 13.8 Å². The molecule has 0 aliphatic rings. The first kappa shape index (κ1) is 23.5. The maximum Gasteiger partial charge on any atom is 0.433 e. The van der Waals surface area contributed by atoms with Crippen molar-refractivity contribution in [3.05, 3.63) is 80.5 Å². The summed E-state index contributed by atoms with van der Waals surface area (Å²) in [5, 5.41) is 15.7. The highest BCUT2D eigenvalue weighted by Crippen LogP contribution is 2.35. The van der Waals surface area contributed by atoms with E-state index in [9.17, 15) is 10.1 Å². The summed E-state index contributed by atoms with van der Waals surface area (Å²) in [5.41, 5.74) is 0.986. The number of nitrogens with one attached hydrogen (secondary N) is 1. The lowest BCUT2D eigenvalue weighted by molar-refractivity contribution is -0.904. The summed E-state index contributed by atoms with van der Waals surface area (Å²) in [5.74, 6) is 0.393. The Morgan fingerprint density at radius 1 is 1.06 bits per heavy atom. The maximum atomic E-state index is 10.8. The van der Waals surface area contributed by atoms with E-state index in [1.165, 1.54) is 6.07 Å². The molecule has 0 spiro atoms. The zero-order valence-corrected chi connectivity index (χ0v) is 19.6. The maximum absolute atomic E-state index is 10.8. The zero-order chi connectivity index (χ0) is 22.4. The molecule has 0 saturated carbocycles. The van der Waals surface area contributed by atoms with Crippen LogP contribution in [0.15, 0.2) is 68.8 Å². The summed E-state index contributed by atoms with van der Waals surface area (Å²) in [6.45, 7) is 2.24. The standard InChI is InChI=1S/C22H24Cl2N3O3S/c1-27(2,15-18-7-11-22(30-18)26(28)29)13-3-12-25-20-14-17(24)6-10-21(20)31-19-8-4-16(23)5-9-19/h4-11,14,25H,3,12-13,15H2,1-2H3/q+1. The van der Waals surface area contributed by atoms with E-state index in [-0.39, 0.29) is 5.88 Å². The van der Waals surface area contributed by atoms with Gasteiger partial charge in [-0.15, -0.1) is 0 Å². The van der Waals surface area contributed by atoms with Crippen LogP contribution in [-0.2, 0) is 6.54 Å². The van der Waals surface area contributed by atoms with Gasteiger partial charge in [0.15, 0.2) is 5.76 Å². The minimum atomic E-state index is -0.516. The second-order valence-corrected chi connectivity index (χ2v) is 9.78. The van der Waals surface area contributed by atoms with Crippen LogP contribution < -0.4 is 5.32 Å². The summed E-state index contributed by atoms with van der Waals surface area (Å²) >= 11 is 13.8. The molecule has 0 unspecified atom stereocenters. The second-order valence-electron chi connectivity index (χ2n) is 7.79. The van der Waals surface area contributed by atoms with E-state index in [0.717, 1.165) is 35.0 Å². The van der Waals surface area contributed by atoms with Crippen LogP contribution in [0.4, 0.5) is 11.6 Å². The topological polar surface area (TPSA) is 68.3 Å². The highest BCUT2D eigenvalue weighted by molar-refractivity contribution is 7.99. The normalized spacial score (nSPS) is 11.5. The highest BCUT2D eigenvalue weighted by atomic mass is 35.5. The van der Waals surface area contributed by atoms with Gasteiger partial charge in [0.25, 0.3) is 0 Å². The van der Waals surface area contributed by atoms with Gasteiger partial charge in [-0.05, 0) is 48.5 Å². The Labute approximate surface area is 195 Å². The van der Waals surface area contributed by atoms with Crippen molar-refractivity contribution in [1.82, 2.24) is 0 Å². The first-order valence-corrected chi connectivity index (χ1v) is 11.3. The summed E-state index contributed by atoms with van der Waals surface area (Å²) < 4.78 is 5.95. The molecule has 0 saturated heterocycles. The fourth-order valence-corrected chi connectivity index (χ4v) is 4.34. The minimum Gasteiger partial charge on any atom is -0.400 e. The van der Waals surface area contributed by atoms with Gasteiger partial charge < -0.3 is 14.2 Å². The van der Waals surface area contributed by atoms with E-state index in [2.05, 4.69) is 19.4 Å². The number of benzene rings is 2. The monoisotopic (exact) mass is 480 g/mol. The quantitative estimate of drug-likeness (QED) is 0.151. The molecule has 0 amide bonds. The molecule has 6 nitrogen and oxygen atoms in total. The molecular weight excluding hydrogens is 457 g/mol. The van der Waals surface area contributed by atoms with Crippen LogP contribution in [-0.4, -0.2) is 36.6 Å². The number of hydrogen-bond acceptors (Lipinski definition) is 5. The van der Waals surface area contributed by atoms with Crippen molar-refractivity contribution in [3.8, 4) is 0 Å². The molecule has 3 aromatic rings. The van der Waals surface area contributed by atoms with Gasteiger partial charge in [0.1, 0.15) is 11.5 Å². The Morgan fingerprint density at radius 2 is 1.77 bits per heavy atom. The number of furan rings is 1. The van der Waals surface area contributed by atoms with Crippen molar-refractivity contribution >= 4 is 46.5 Å². The lowest BCUT2D eigenvalue weighted by Crippen LogP contribution is -2.40. The number of halogens is 2. The molecule has 0 aliphatic carbocycles. The van der Waals surface area contributed by atoms with Gasteiger partial charge in [-0.3, -0.25) is 10.1 Å². The molecule has 0 atom stereocenters. The Morgan fingerprint density at radius 3 is 2.45 bits per heavy atom. The molecule has 0 radical (unpaired) electrons.